The van der Waals surface area contributed by atoms with E-state index in [0.29, 0.717) is 22.8 Å². The van der Waals surface area contributed by atoms with Crippen molar-refractivity contribution >= 4 is 40.5 Å². The Hall–Kier alpha value is -3.31. The van der Waals surface area contributed by atoms with Gasteiger partial charge in [-0.05, 0) is 67.9 Å². The minimum Gasteiger partial charge on any atom is -0.376 e. The third-order valence-electron chi connectivity index (χ3n) is 4.67. The number of hydrogen-bond donors (Lipinski definition) is 2. The number of amides is 2. The van der Waals surface area contributed by atoms with E-state index in [9.17, 15) is 9.59 Å². The average molecular weight is 422 g/mol. The molecule has 0 unspecified atom stereocenters. The average Bonchev–Trinajstić information content (AvgIpc) is 2.76. The van der Waals surface area contributed by atoms with Crippen molar-refractivity contribution in [2.45, 2.75) is 13.8 Å². The topological polar surface area (TPSA) is 61.4 Å². The first-order chi connectivity index (χ1) is 14.5. The van der Waals surface area contributed by atoms with Gasteiger partial charge in [-0.1, -0.05) is 35.9 Å². The quantitative estimate of drug-likeness (QED) is 0.539. The SMILES string of the molecule is CCN(C(=O)c1ccc(NC(=O)CNc2ccc(C)c(Cl)c2)cc1)c1ccccc1. The molecule has 0 fully saturated rings. The molecule has 2 N–H and O–H groups in total. The van der Waals surface area contributed by atoms with Crippen molar-refractivity contribution in [2.75, 3.05) is 28.6 Å². The lowest BCUT2D eigenvalue weighted by atomic mass is 10.1. The fourth-order valence-corrected chi connectivity index (χ4v) is 3.17. The molecule has 0 aliphatic rings. The molecule has 0 bridgehead atoms. The number of hydrogen-bond acceptors (Lipinski definition) is 3. The lowest BCUT2D eigenvalue weighted by Crippen LogP contribution is -2.30. The maximum atomic E-state index is 12.8. The van der Waals surface area contributed by atoms with E-state index >= 15 is 0 Å². The van der Waals surface area contributed by atoms with Crippen LogP contribution in [0.4, 0.5) is 17.1 Å². The minimum absolute atomic E-state index is 0.0838. The highest BCUT2D eigenvalue weighted by molar-refractivity contribution is 6.31. The maximum Gasteiger partial charge on any atom is 0.258 e. The Morgan fingerprint density at radius 2 is 1.60 bits per heavy atom. The van der Waals surface area contributed by atoms with Crippen molar-refractivity contribution in [3.8, 4) is 0 Å². The molecule has 2 amide bonds. The van der Waals surface area contributed by atoms with Crippen LogP contribution in [-0.4, -0.2) is 24.9 Å². The van der Waals surface area contributed by atoms with Crippen molar-refractivity contribution in [3.05, 3.63) is 88.9 Å². The standard InChI is InChI=1S/C24H24ClN3O2/c1-3-28(21-7-5-4-6-8-21)24(30)18-10-13-19(14-11-18)27-23(29)16-26-20-12-9-17(2)22(25)15-20/h4-15,26H,3,16H2,1-2H3,(H,27,29). The largest absolute Gasteiger partial charge is 0.376 e. The monoisotopic (exact) mass is 421 g/mol. The molecule has 0 radical (unpaired) electrons. The second kappa shape index (κ2) is 9.94. The van der Waals surface area contributed by atoms with Crippen molar-refractivity contribution in [2.24, 2.45) is 0 Å². The molecule has 0 aromatic heterocycles. The molecular weight excluding hydrogens is 398 g/mol. The van der Waals surface area contributed by atoms with E-state index in [1.165, 1.54) is 0 Å². The van der Waals surface area contributed by atoms with Crippen molar-refractivity contribution in [3.63, 3.8) is 0 Å². The number of carbonyl (C=O) groups is 2. The van der Waals surface area contributed by atoms with Crippen LogP contribution in [0.1, 0.15) is 22.8 Å². The third-order valence-corrected chi connectivity index (χ3v) is 5.08. The van der Waals surface area contributed by atoms with Crippen LogP contribution in [0.3, 0.4) is 0 Å². The third kappa shape index (κ3) is 5.39. The number of rotatable bonds is 7. The Kier molecular flexibility index (Phi) is 7.09. The Morgan fingerprint density at radius 3 is 2.23 bits per heavy atom. The highest BCUT2D eigenvalue weighted by Gasteiger charge is 2.16. The molecule has 30 heavy (non-hydrogen) atoms. The molecule has 5 nitrogen and oxygen atoms in total. The molecule has 3 rings (SSSR count). The predicted octanol–water partition coefficient (Wildman–Crippen LogP) is 5.37. The van der Waals surface area contributed by atoms with E-state index in [0.717, 1.165) is 16.9 Å². The van der Waals surface area contributed by atoms with Crippen LogP contribution < -0.4 is 15.5 Å². The summed E-state index contributed by atoms with van der Waals surface area (Å²) in [7, 11) is 0. The summed E-state index contributed by atoms with van der Waals surface area (Å²) in [6.45, 7) is 4.54. The van der Waals surface area contributed by atoms with Crippen LogP contribution in [0, 0.1) is 6.92 Å². The zero-order valence-electron chi connectivity index (χ0n) is 17.0. The van der Waals surface area contributed by atoms with Crippen LogP contribution in [0.5, 0.6) is 0 Å². The fourth-order valence-electron chi connectivity index (χ4n) is 2.99. The van der Waals surface area contributed by atoms with E-state index in [4.69, 9.17) is 11.6 Å². The summed E-state index contributed by atoms with van der Waals surface area (Å²) in [5, 5.41) is 6.52. The molecule has 6 heteroatoms. The van der Waals surface area contributed by atoms with E-state index in [1.54, 1.807) is 35.2 Å². The van der Waals surface area contributed by atoms with Crippen molar-refractivity contribution in [1.29, 1.82) is 0 Å². The van der Waals surface area contributed by atoms with Gasteiger partial charge >= 0.3 is 0 Å². The lowest BCUT2D eigenvalue weighted by Gasteiger charge is -2.21. The van der Waals surface area contributed by atoms with E-state index in [1.807, 2.05) is 56.3 Å². The zero-order valence-corrected chi connectivity index (χ0v) is 17.7. The van der Waals surface area contributed by atoms with E-state index in [-0.39, 0.29) is 18.4 Å². The first-order valence-corrected chi connectivity index (χ1v) is 10.1. The first-order valence-electron chi connectivity index (χ1n) is 9.74. The van der Waals surface area contributed by atoms with Gasteiger partial charge in [-0.3, -0.25) is 9.59 Å². The summed E-state index contributed by atoms with van der Waals surface area (Å²) in [6.07, 6.45) is 0. The smallest absolute Gasteiger partial charge is 0.258 e. The number of nitrogens with one attached hydrogen (secondary N) is 2. The number of para-hydroxylation sites is 1. The molecule has 0 heterocycles. The number of nitrogens with zero attached hydrogens (tertiary/aromatic N) is 1. The van der Waals surface area contributed by atoms with Gasteiger partial charge in [0.1, 0.15) is 0 Å². The Bertz CT molecular complexity index is 1020. The van der Waals surface area contributed by atoms with Gasteiger partial charge < -0.3 is 15.5 Å². The highest BCUT2D eigenvalue weighted by atomic mass is 35.5. The molecule has 154 valence electrons. The van der Waals surface area contributed by atoms with Crippen molar-refractivity contribution in [1.82, 2.24) is 0 Å². The van der Waals surface area contributed by atoms with Gasteiger partial charge in [0.15, 0.2) is 0 Å². The Morgan fingerprint density at radius 1 is 0.933 bits per heavy atom. The molecule has 0 spiro atoms. The van der Waals surface area contributed by atoms with Gasteiger partial charge in [0.05, 0.1) is 6.54 Å². The molecular formula is C24H24ClN3O2. The molecule has 0 saturated heterocycles. The van der Waals surface area contributed by atoms with Crippen molar-refractivity contribution < 1.29 is 9.59 Å². The number of aryl methyl sites for hydroxylation is 1. The second-order valence-corrected chi connectivity index (χ2v) is 7.24. The second-order valence-electron chi connectivity index (χ2n) is 6.83. The van der Waals surface area contributed by atoms with Crippen LogP contribution in [0.25, 0.3) is 0 Å². The van der Waals surface area contributed by atoms with Gasteiger partial charge in [-0.2, -0.15) is 0 Å². The summed E-state index contributed by atoms with van der Waals surface area (Å²) >= 11 is 6.10. The molecule has 0 aliphatic heterocycles. The number of carbonyl (C=O) groups excluding carboxylic acids is 2. The predicted molar refractivity (Wildman–Crippen MR) is 124 cm³/mol. The van der Waals surface area contributed by atoms with Crippen LogP contribution in [-0.2, 0) is 4.79 Å². The highest BCUT2D eigenvalue weighted by Crippen LogP contribution is 2.20. The van der Waals surface area contributed by atoms with Gasteiger partial charge in [0, 0.05) is 34.2 Å². The van der Waals surface area contributed by atoms with Gasteiger partial charge in [0.2, 0.25) is 5.91 Å². The van der Waals surface area contributed by atoms with Crippen LogP contribution >= 0.6 is 11.6 Å². The Balaban J connectivity index is 1.58. The minimum atomic E-state index is -0.190. The summed E-state index contributed by atoms with van der Waals surface area (Å²) < 4.78 is 0. The lowest BCUT2D eigenvalue weighted by molar-refractivity contribution is -0.114. The van der Waals surface area contributed by atoms with E-state index < -0.39 is 0 Å². The number of benzene rings is 3. The first kappa shape index (κ1) is 21.4. The van der Waals surface area contributed by atoms with Crippen LogP contribution in [0.15, 0.2) is 72.8 Å². The summed E-state index contributed by atoms with van der Waals surface area (Å²) in [6, 6.07) is 22.0. The number of halogens is 1. The van der Waals surface area contributed by atoms with E-state index in [2.05, 4.69) is 10.6 Å². The zero-order chi connectivity index (χ0) is 21.5. The summed E-state index contributed by atoms with van der Waals surface area (Å²) in [4.78, 5) is 26.8. The molecule has 3 aromatic rings. The number of anilines is 3. The molecule has 0 aliphatic carbocycles. The maximum absolute atomic E-state index is 12.8. The molecule has 3 aromatic carbocycles. The van der Waals surface area contributed by atoms with Crippen LogP contribution in [0.2, 0.25) is 5.02 Å². The summed E-state index contributed by atoms with van der Waals surface area (Å²) in [5.41, 5.74) is 3.80. The van der Waals surface area contributed by atoms with Gasteiger partial charge in [0.25, 0.3) is 5.91 Å². The molecule has 0 saturated carbocycles. The van der Waals surface area contributed by atoms with Gasteiger partial charge in [-0.25, -0.2) is 0 Å². The van der Waals surface area contributed by atoms with Gasteiger partial charge in [-0.15, -0.1) is 0 Å². The Labute approximate surface area is 181 Å². The normalized spacial score (nSPS) is 10.4. The molecule has 0 atom stereocenters. The fraction of sp³-hybridized carbons (Fsp3) is 0.167. The summed E-state index contributed by atoms with van der Waals surface area (Å²) in [5.74, 6) is -0.273.